The Morgan fingerprint density at radius 2 is 2.15 bits per heavy atom. The maximum atomic E-state index is 13.3. The van der Waals surface area contributed by atoms with Crippen molar-refractivity contribution in [2.45, 2.75) is 43.7 Å². The SMILES string of the molecule is CCCN(C1CCNC1)S(=O)(=O)c1cc(Cl)ccc1OC(C)COC.Cl. The summed E-state index contributed by atoms with van der Waals surface area (Å²) >= 11 is 6.09. The van der Waals surface area contributed by atoms with Crippen molar-refractivity contribution >= 4 is 34.0 Å². The Balaban J connectivity index is 0.00000338. The van der Waals surface area contributed by atoms with E-state index < -0.39 is 10.0 Å². The minimum absolute atomic E-state index is 0. The van der Waals surface area contributed by atoms with Crippen LogP contribution in [0.15, 0.2) is 23.1 Å². The van der Waals surface area contributed by atoms with Crippen molar-refractivity contribution in [3.05, 3.63) is 23.2 Å². The molecule has 1 heterocycles. The molecule has 1 aromatic carbocycles. The fourth-order valence-corrected chi connectivity index (χ4v) is 5.13. The molecule has 0 aliphatic carbocycles. The first-order valence-electron chi connectivity index (χ1n) is 8.57. The molecule has 6 nitrogen and oxygen atoms in total. The smallest absolute Gasteiger partial charge is 0.247 e. The summed E-state index contributed by atoms with van der Waals surface area (Å²) in [7, 11) is -2.14. The second-order valence-electron chi connectivity index (χ2n) is 6.24. The van der Waals surface area contributed by atoms with Crippen LogP contribution in [-0.2, 0) is 14.8 Å². The molecule has 1 aliphatic heterocycles. The summed E-state index contributed by atoms with van der Waals surface area (Å²) in [5.74, 6) is 0.306. The maximum absolute atomic E-state index is 13.3. The van der Waals surface area contributed by atoms with Gasteiger partial charge in [-0.1, -0.05) is 18.5 Å². The molecule has 1 saturated heterocycles. The van der Waals surface area contributed by atoms with Crippen LogP contribution in [0.25, 0.3) is 0 Å². The van der Waals surface area contributed by atoms with Crippen LogP contribution in [0.4, 0.5) is 0 Å². The van der Waals surface area contributed by atoms with E-state index in [0.29, 0.717) is 30.5 Å². The number of halogens is 2. The van der Waals surface area contributed by atoms with E-state index in [1.165, 1.54) is 6.07 Å². The van der Waals surface area contributed by atoms with Gasteiger partial charge in [-0.25, -0.2) is 8.42 Å². The van der Waals surface area contributed by atoms with Crippen LogP contribution < -0.4 is 10.1 Å². The Kier molecular flexibility index (Phi) is 9.64. The lowest BCUT2D eigenvalue weighted by Crippen LogP contribution is -2.42. The molecule has 0 aromatic heterocycles. The highest BCUT2D eigenvalue weighted by Gasteiger charge is 2.34. The first-order chi connectivity index (χ1) is 11.9. The molecular formula is C17H28Cl2N2O4S. The number of rotatable bonds is 9. The standard InChI is InChI=1S/C17H27ClN2O4S.ClH/c1-4-9-20(15-7-8-19-11-15)25(21,22)17-10-14(18)5-6-16(17)24-13(2)12-23-3;/h5-6,10,13,15,19H,4,7-9,11-12H2,1-3H3;1H. The van der Waals surface area contributed by atoms with Crippen molar-refractivity contribution in [2.24, 2.45) is 0 Å². The van der Waals surface area contributed by atoms with Gasteiger partial charge in [-0.15, -0.1) is 12.4 Å². The van der Waals surface area contributed by atoms with E-state index in [1.54, 1.807) is 23.5 Å². The van der Waals surface area contributed by atoms with Crippen molar-refractivity contribution in [3.63, 3.8) is 0 Å². The van der Waals surface area contributed by atoms with E-state index in [0.717, 1.165) is 19.4 Å². The van der Waals surface area contributed by atoms with Crippen molar-refractivity contribution in [3.8, 4) is 5.75 Å². The van der Waals surface area contributed by atoms with E-state index in [-0.39, 0.29) is 29.4 Å². The van der Waals surface area contributed by atoms with Crippen molar-refractivity contribution < 1.29 is 17.9 Å². The molecule has 1 aliphatic rings. The lowest BCUT2D eigenvalue weighted by molar-refractivity contribution is 0.0900. The van der Waals surface area contributed by atoms with Crippen LogP contribution >= 0.6 is 24.0 Å². The van der Waals surface area contributed by atoms with Crippen LogP contribution in [0, 0.1) is 0 Å². The summed E-state index contributed by atoms with van der Waals surface area (Å²) in [6.07, 6.45) is 1.27. The Labute approximate surface area is 167 Å². The van der Waals surface area contributed by atoms with Gasteiger partial charge in [0.25, 0.3) is 0 Å². The van der Waals surface area contributed by atoms with E-state index >= 15 is 0 Å². The van der Waals surface area contributed by atoms with Gasteiger partial charge in [0.1, 0.15) is 16.7 Å². The average molecular weight is 427 g/mol. The summed E-state index contributed by atoms with van der Waals surface area (Å²) in [5.41, 5.74) is 0. The minimum atomic E-state index is -3.72. The molecule has 2 atom stereocenters. The van der Waals surface area contributed by atoms with Crippen molar-refractivity contribution in [2.75, 3.05) is 33.4 Å². The molecule has 0 saturated carbocycles. The molecule has 0 amide bonds. The third-order valence-electron chi connectivity index (χ3n) is 4.11. The van der Waals surface area contributed by atoms with E-state index in [9.17, 15) is 8.42 Å². The zero-order valence-electron chi connectivity index (χ0n) is 15.4. The fourth-order valence-electron chi connectivity index (χ4n) is 3.00. The number of nitrogens with one attached hydrogen (secondary N) is 1. The van der Waals surface area contributed by atoms with Crippen LogP contribution in [0.5, 0.6) is 5.75 Å². The number of nitrogens with zero attached hydrogens (tertiary/aromatic N) is 1. The zero-order chi connectivity index (χ0) is 18.4. The topological polar surface area (TPSA) is 67.9 Å². The molecule has 26 heavy (non-hydrogen) atoms. The molecule has 0 bridgehead atoms. The largest absolute Gasteiger partial charge is 0.487 e. The van der Waals surface area contributed by atoms with Gasteiger partial charge in [0, 0.05) is 31.3 Å². The van der Waals surface area contributed by atoms with Gasteiger partial charge in [0.2, 0.25) is 10.0 Å². The monoisotopic (exact) mass is 426 g/mol. The second kappa shape index (κ2) is 10.7. The predicted molar refractivity (Wildman–Crippen MR) is 106 cm³/mol. The van der Waals surface area contributed by atoms with Crippen molar-refractivity contribution in [1.82, 2.24) is 9.62 Å². The lowest BCUT2D eigenvalue weighted by Gasteiger charge is -2.28. The zero-order valence-corrected chi connectivity index (χ0v) is 17.8. The number of benzene rings is 1. The summed E-state index contributed by atoms with van der Waals surface area (Å²) in [4.78, 5) is 0.114. The van der Waals surface area contributed by atoms with Gasteiger partial charge in [0.05, 0.1) is 6.61 Å². The average Bonchev–Trinajstić information content (AvgIpc) is 3.08. The number of hydrogen-bond acceptors (Lipinski definition) is 5. The molecule has 0 spiro atoms. The van der Waals surface area contributed by atoms with E-state index in [4.69, 9.17) is 21.1 Å². The third-order valence-corrected chi connectivity index (χ3v) is 6.32. The van der Waals surface area contributed by atoms with Gasteiger partial charge in [-0.2, -0.15) is 4.31 Å². The van der Waals surface area contributed by atoms with Gasteiger partial charge in [0.15, 0.2) is 0 Å². The minimum Gasteiger partial charge on any atom is -0.487 e. The fraction of sp³-hybridized carbons (Fsp3) is 0.647. The first-order valence-corrected chi connectivity index (χ1v) is 10.4. The number of sulfonamides is 1. The molecule has 1 N–H and O–H groups in total. The third kappa shape index (κ3) is 5.71. The number of hydrogen-bond donors (Lipinski definition) is 1. The van der Waals surface area contributed by atoms with E-state index in [1.807, 2.05) is 13.8 Å². The molecule has 2 unspecified atom stereocenters. The molecule has 150 valence electrons. The van der Waals surface area contributed by atoms with Gasteiger partial charge >= 0.3 is 0 Å². The van der Waals surface area contributed by atoms with Crippen LogP contribution in [-0.4, -0.2) is 58.2 Å². The maximum Gasteiger partial charge on any atom is 0.247 e. The quantitative estimate of drug-likeness (QED) is 0.657. The van der Waals surface area contributed by atoms with Gasteiger partial charge in [-0.3, -0.25) is 0 Å². The Bertz CT molecular complexity index is 667. The van der Waals surface area contributed by atoms with Crippen LogP contribution in [0.3, 0.4) is 0 Å². The predicted octanol–water partition coefficient (Wildman–Crippen LogP) is 2.94. The van der Waals surface area contributed by atoms with Crippen molar-refractivity contribution in [1.29, 1.82) is 0 Å². The molecular weight excluding hydrogens is 399 g/mol. The first kappa shape index (κ1) is 23.5. The summed E-state index contributed by atoms with van der Waals surface area (Å²) in [6, 6.07) is 4.67. The van der Waals surface area contributed by atoms with Crippen LogP contribution in [0.2, 0.25) is 5.02 Å². The van der Waals surface area contributed by atoms with Gasteiger partial charge in [-0.05, 0) is 44.5 Å². The Morgan fingerprint density at radius 3 is 2.73 bits per heavy atom. The summed E-state index contributed by atoms with van der Waals surface area (Å²) in [6.45, 7) is 6.13. The van der Waals surface area contributed by atoms with Gasteiger partial charge < -0.3 is 14.8 Å². The lowest BCUT2D eigenvalue weighted by atomic mass is 10.2. The molecule has 9 heteroatoms. The molecule has 0 radical (unpaired) electrons. The van der Waals surface area contributed by atoms with E-state index in [2.05, 4.69) is 5.32 Å². The summed E-state index contributed by atoms with van der Waals surface area (Å²) < 4.78 is 39.2. The molecule has 2 rings (SSSR count). The normalized spacial score (nSPS) is 18.6. The highest BCUT2D eigenvalue weighted by atomic mass is 35.5. The molecule has 1 fully saturated rings. The highest BCUT2D eigenvalue weighted by molar-refractivity contribution is 7.89. The van der Waals surface area contributed by atoms with Crippen LogP contribution in [0.1, 0.15) is 26.7 Å². The number of ether oxygens (including phenoxy) is 2. The summed E-state index contributed by atoms with van der Waals surface area (Å²) in [5, 5.41) is 3.60. The Hall–Kier alpha value is -0.570. The highest BCUT2D eigenvalue weighted by Crippen LogP contribution is 2.32. The number of methoxy groups -OCH3 is 1. The second-order valence-corrected chi connectivity index (χ2v) is 8.53. The molecule has 1 aromatic rings. The Morgan fingerprint density at radius 1 is 1.42 bits per heavy atom.